The fourth-order valence-electron chi connectivity index (χ4n) is 2.55. The first kappa shape index (κ1) is 14.3. The van der Waals surface area contributed by atoms with Crippen LogP contribution in [0.1, 0.15) is 11.5 Å². The molecule has 106 valence electrons. The smallest absolute Gasteiger partial charge is 0.119 e. The summed E-state index contributed by atoms with van der Waals surface area (Å²) in [5, 5.41) is 0. The van der Waals surface area contributed by atoms with Crippen molar-refractivity contribution in [2.45, 2.75) is 5.92 Å². The van der Waals surface area contributed by atoms with Crippen molar-refractivity contribution in [2.24, 2.45) is 5.73 Å². The van der Waals surface area contributed by atoms with Crippen LogP contribution in [0.25, 0.3) is 0 Å². The Labute approximate surface area is 116 Å². The van der Waals surface area contributed by atoms with E-state index < -0.39 is 0 Å². The highest BCUT2D eigenvalue weighted by molar-refractivity contribution is 5.31. The van der Waals surface area contributed by atoms with Crippen LogP contribution in [0, 0.1) is 0 Å². The molecule has 2 N–H and O–H groups in total. The predicted molar refractivity (Wildman–Crippen MR) is 78.7 cm³/mol. The topological polar surface area (TPSA) is 41.7 Å². The minimum atomic E-state index is 0.388. The van der Waals surface area contributed by atoms with E-state index in [-0.39, 0.29) is 0 Å². The maximum absolute atomic E-state index is 5.96. The SMILES string of the molecule is COc1cccc(C(CN)CN2CCN(C)CC2)c1. The molecular formula is C15H25N3O. The maximum atomic E-state index is 5.96. The molecule has 1 heterocycles. The van der Waals surface area contributed by atoms with E-state index in [2.05, 4.69) is 29.0 Å². The minimum Gasteiger partial charge on any atom is -0.497 e. The molecule has 0 aliphatic carbocycles. The first-order chi connectivity index (χ1) is 9.22. The first-order valence-corrected chi connectivity index (χ1v) is 6.98. The second kappa shape index (κ2) is 6.89. The molecule has 1 aromatic rings. The van der Waals surface area contributed by atoms with Gasteiger partial charge in [0.15, 0.2) is 0 Å². The lowest BCUT2D eigenvalue weighted by molar-refractivity contribution is 0.147. The summed E-state index contributed by atoms with van der Waals surface area (Å²) in [5.74, 6) is 1.30. The molecule has 1 aliphatic heterocycles. The first-order valence-electron chi connectivity index (χ1n) is 6.98. The van der Waals surface area contributed by atoms with Crippen molar-refractivity contribution < 1.29 is 4.74 Å². The normalized spacial score (nSPS) is 19.3. The number of rotatable bonds is 5. The molecular weight excluding hydrogens is 238 g/mol. The fourth-order valence-corrected chi connectivity index (χ4v) is 2.55. The average Bonchev–Trinajstić information content (AvgIpc) is 2.46. The van der Waals surface area contributed by atoms with E-state index in [9.17, 15) is 0 Å². The highest BCUT2D eigenvalue weighted by Crippen LogP contribution is 2.21. The number of benzene rings is 1. The highest BCUT2D eigenvalue weighted by Gasteiger charge is 2.19. The highest BCUT2D eigenvalue weighted by atomic mass is 16.5. The van der Waals surface area contributed by atoms with Crippen molar-refractivity contribution in [3.05, 3.63) is 29.8 Å². The van der Waals surface area contributed by atoms with Crippen LogP contribution in [0.2, 0.25) is 0 Å². The molecule has 0 radical (unpaired) electrons. The van der Waals surface area contributed by atoms with Gasteiger partial charge in [0.2, 0.25) is 0 Å². The van der Waals surface area contributed by atoms with Crippen LogP contribution in [0.5, 0.6) is 5.75 Å². The molecule has 0 spiro atoms. The van der Waals surface area contributed by atoms with E-state index in [0.717, 1.165) is 38.5 Å². The zero-order valence-corrected chi connectivity index (χ0v) is 12.0. The lowest BCUT2D eigenvalue weighted by Crippen LogP contribution is -2.46. The van der Waals surface area contributed by atoms with Crippen molar-refractivity contribution in [3.63, 3.8) is 0 Å². The third-order valence-electron chi connectivity index (χ3n) is 3.92. The van der Waals surface area contributed by atoms with Crippen LogP contribution in [0.4, 0.5) is 0 Å². The number of piperazine rings is 1. The van der Waals surface area contributed by atoms with Gasteiger partial charge in [-0.15, -0.1) is 0 Å². The molecule has 0 aromatic heterocycles. The fraction of sp³-hybridized carbons (Fsp3) is 0.600. The number of nitrogens with zero attached hydrogens (tertiary/aromatic N) is 2. The second-order valence-electron chi connectivity index (χ2n) is 5.31. The molecule has 4 heteroatoms. The number of methoxy groups -OCH3 is 1. The van der Waals surface area contributed by atoms with Crippen molar-refractivity contribution in [1.82, 2.24) is 9.80 Å². The van der Waals surface area contributed by atoms with Crippen LogP contribution in [-0.2, 0) is 0 Å². The molecule has 2 rings (SSSR count). The largest absolute Gasteiger partial charge is 0.497 e. The van der Waals surface area contributed by atoms with Gasteiger partial charge in [0.05, 0.1) is 7.11 Å². The lowest BCUT2D eigenvalue weighted by atomic mass is 9.98. The zero-order valence-electron chi connectivity index (χ0n) is 12.0. The Kier molecular flexibility index (Phi) is 5.19. The Morgan fingerprint density at radius 1 is 1.26 bits per heavy atom. The summed E-state index contributed by atoms with van der Waals surface area (Å²) >= 11 is 0. The van der Waals surface area contributed by atoms with Crippen molar-refractivity contribution in [1.29, 1.82) is 0 Å². The number of hydrogen-bond acceptors (Lipinski definition) is 4. The van der Waals surface area contributed by atoms with Gasteiger partial charge in [0.25, 0.3) is 0 Å². The number of likely N-dealkylation sites (N-methyl/N-ethyl adjacent to an activating group) is 1. The lowest BCUT2D eigenvalue weighted by Gasteiger charge is -2.34. The van der Waals surface area contributed by atoms with Gasteiger partial charge in [0, 0.05) is 45.2 Å². The Morgan fingerprint density at radius 2 is 2.00 bits per heavy atom. The van der Waals surface area contributed by atoms with Gasteiger partial charge < -0.3 is 20.3 Å². The van der Waals surface area contributed by atoms with Crippen molar-refractivity contribution in [3.8, 4) is 5.75 Å². The van der Waals surface area contributed by atoms with E-state index >= 15 is 0 Å². The van der Waals surface area contributed by atoms with Gasteiger partial charge in [-0.2, -0.15) is 0 Å². The van der Waals surface area contributed by atoms with Crippen molar-refractivity contribution in [2.75, 3.05) is 53.4 Å². The van der Waals surface area contributed by atoms with Gasteiger partial charge in [-0.25, -0.2) is 0 Å². The summed E-state index contributed by atoms with van der Waals surface area (Å²) in [6.07, 6.45) is 0. The quantitative estimate of drug-likeness (QED) is 0.860. The molecule has 19 heavy (non-hydrogen) atoms. The third-order valence-corrected chi connectivity index (χ3v) is 3.92. The molecule has 1 aromatic carbocycles. The molecule has 0 saturated carbocycles. The average molecular weight is 263 g/mol. The van der Waals surface area contributed by atoms with E-state index in [1.807, 2.05) is 12.1 Å². The maximum Gasteiger partial charge on any atom is 0.119 e. The zero-order chi connectivity index (χ0) is 13.7. The molecule has 0 amide bonds. The van der Waals surface area contributed by atoms with Gasteiger partial charge in [-0.05, 0) is 24.7 Å². The van der Waals surface area contributed by atoms with Gasteiger partial charge in [0.1, 0.15) is 5.75 Å². The van der Waals surface area contributed by atoms with Gasteiger partial charge in [-0.1, -0.05) is 12.1 Å². The van der Waals surface area contributed by atoms with Crippen LogP contribution >= 0.6 is 0 Å². The molecule has 1 atom stereocenters. The molecule has 1 saturated heterocycles. The molecule has 1 aliphatic rings. The molecule has 1 unspecified atom stereocenters. The van der Waals surface area contributed by atoms with Crippen LogP contribution in [0.3, 0.4) is 0 Å². The summed E-state index contributed by atoms with van der Waals surface area (Å²) < 4.78 is 5.29. The number of ether oxygens (including phenoxy) is 1. The van der Waals surface area contributed by atoms with Crippen LogP contribution in [-0.4, -0.2) is 63.2 Å². The second-order valence-corrected chi connectivity index (χ2v) is 5.31. The number of nitrogens with two attached hydrogens (primary N) is 1. The summed E-state index contributed by atoms with van der Waals surface area (Å²) in [6.45, 7) is 6.29. The van der Waals surface area contributed by atoms with Gasteiger partial charge >= 0.3 is 0 Å². The minimum absolute atomic E-state index is 0.388. The summed E-state index contributed by atoms with van der Waals surface area (Å²) in [6, 6.07) is 8.28. The summed E-state index contributed by atoms with van der Waals surface area (Å²) in [5.41, 5.74) is 7.24. The number of hydrogen-bond donors (Lipinski definition) is 1. The Bertz CT molecular complexity index is 389. The standard InChI is InChI=1S/C15H25N3O/c1-17-6-8-18(9-7-17)12-14(11-16)13-4-3-5-15(10-13)19-2/h3-5,10,14H,6-9,11-12,16H2,1-2H3. The molecule has 0 bridgehead atoms. The predicted octanol–water partition coefficient (Wildman–Crippen LogP) is 0.985. The Morgan fingerprint density at radius 3 is 2.63 bits per heavy atom. The van der Waals surface area contributed by atoms with Gasteiger partial charge in [-0.3, -0.25) is 0 Å². The van der Waals surface area contributed by atoms with Crippen LogP contribution < -0.4 is 10.5 Å². The Balaban J connectivity index is 1.99. The summed E-state index contributed by atoms with van der Waals surface area (Å²) in [4.78, 5) is 4.89. The third kappa shape index (κ3) is 3.93. The molecule has 1 fully saturated rings. The van der Waals surface area contributed by atoms with E-state index in [1.54, 1.807) is 7.11 Å². The molecule has 4 nitrogen and oxygen atoms in total. The van der Waals surface area contributed by atoms with Crippen molar-refractivity contribution >= 4 is 0 Å². The Hall–Kier alpha value is -1.10. The van der Waals surface area contributed by atoms with E-state index in [0.29, 0.717) is 12.5 Å². The van der Waals surface area contributed by atoms with E-state index in [4.69, 9.17) is 10.5 Å². The van der Waals surface area contributed by atoms with Crippen LogP contribution in [0.15, 0.2) is 24.3 Å². The van der Waals surface area contributed by atoms with E-state index in [1.165, 1.54) is 5.56 Å². The monoisotopic (exact) mass is 263 g/mol. The summed E-state index contributed by atoms with van der Waals surface area (Å²) in [7, 11) is 3.89.